The van der Waals surface area contributed by atoms with Gasteiger partial charge in [0.05, 0.1) is 14.2 Å². The van der Waals surface area contributed by atoms with Gasteiger partial charge in [0.2, 0.25) is 0 Å². The molecular formula is C51H63BN2O13S. The maximum atomic E-state index is 12.4. The Balaban J connectivity index is 0.000000301. The number of hydrogen-bond acceptors (Lipinski definition) is 13. The van der Waals surface area contributed by atoms with Crippen LogP contribution < -0.4 is 20.3 Å². The van der Waals surface area contributed by atoms with E-state index in [4.69, 9.17) is 33.2 Å². The highest BCUT2D eigenvalue weighted by atomic mass is 32.2. The number of esters is 2. The van der Waals surface area contributed by atoms with Crippen LogP contribution in [0.1, 0.15) is 69.4 Å². The molecule has 0 heterocycles. The van der Waals surface area contributed by atoms with Crippen molar-refractivity contribution < 1.29 is 60.8 Å². The summed E-state index contributed by atoms with van der Waals surface area (Å²) in [6.45, 7) is 16.3. The summed E-state index contributed by atoms with van der Waals surface area (Å²) < 4.78 is 49.9. The van der Waals surface area contributed by atoms with Crippen molar-refractivity contribution >= 4 is 46.8 Å². The minimum Gasteiger partial charge on any atom is -0.467 e. The fraction of sp³-hybridized carbons (Fsp3) is 0.333. The maximum Gasteiger partial charge on any atom is 0.488 e. The number of amides is 2. The Hall–Kier alpha value is -6.69. The molecule has 68 heavy (non-hydrogen) atoms. The van der Waals surface area contributed by atoms with Crippen LogP contribution in [0.3, 0.4) is 0 Å². The lowest BCUT2D eigenvalue weighted by atomic mass is 9.80. The minimum absolute atomic E-state index is 0.0505. The Morgan fingerprint density at radius 3 is 1.24 bits per heavy atom. The van der Waals surface area contributed by atoms with Crippen LogP contribution in [0.5, 0.6) is 5.75 Å². The van der Waals surface area contributed by atoms with Crippen LogP contribution in [0.15, 0.2) is 126 Å². The molecule has 0 aromatic heterocycles. The number of benzene rings is 5. The van der Waals surface area contributed by atoms with Crippen molar-refractivity contribution in [1.29, 1.82) is 0 Å². The van der Waals surface area contributed by atoms with E-state index in [9.17, 15) is 27.6 Å². The Morgan fingerprint density at radius 2 is 0.882 bits per heavy atom. The largest absolute Gasteiger partial charge is 0.488 e. The third-order valence-electron chi connectivity index (χ3n) is 9.39. The van der Waals surface area contributed by atoms with Gasteiger partial charge in [-0.3, -0.25) is 0 Å². The van der Waals surface area contributed by atoms with Crippen molar-refractivity contribution in [2.75, 3.05) is 14.2 Å². The number of ether oxygens (including phenoxy) is 4. The summed E-state index contributed by atoms with van der Waals surface area (Å²) in [6.07, 6.45) is -0.946. The number of carbonyl (C=O) groups is 4. The van der Waals surface area contributed by atoms with E-state index in [1.165, 1.54) is 44.0 Å². The van der Waals surface area contributed by atoms with Gasteiger partial charge in [-0.05, 0) is 114 Å². The zero-order valence-corrected chi connectivity index (χ0v) is 41.3. The van der Waals surface area contributed by atoms with Gasteiger partial charge in [-0.2, -0.15) is 8.42 Å². The van der Waals surface area contributed by atoms with Gasteiger partial charge in [0.25, 0.3) is 0 Å². The monoisotopic (exact) mass is 954 g/mol. The molecule has 2 amide bonds. The first-order valence-corrected chi connectivity index (χ1v) is 23.0. The first-order valence-electron chi connectivity index (χ1n) is 21.6. The normalized spacial score (nSPS) is 12.0. The fourth-order valence-electron chi connectivity index (χ4n) is 5.92. The summed E-state index contributed by atoms with van der Waals surface area (Å²) in [5.41, 5.74) is 6.23. The molecule has 2 atom stereocenters. The van der Waals surface area contributed by atoms with Crippen LogP contribution in [0.2, 0.25) is 0 Å². The van der Waals surface area contributed by atoms with Crippen molar-refractivity contribution in [1.82, 2.24) is 10.6 Å². The van der Waals surface area contributed by atoms with Gasteiger partial charge in [-0.15, -0.1) is 0 Å². The summed E-state index contributed by atoms with van der Waals surface area (Å²) in [5, 5.41) is 22.4. The number of alkyl carbamates (subject to hydrolysis) is 2. The molecule has 15 nitrogen and oxygen atoms in total. The number of hydrogen-bond donors (Lipinski definition) is 4. The molecule has 0 saturated heterocycles. The van der Waals surface area contributed by atoms with Crippen molar-refractivity contribution in [3.8, 4) is 16.9 Å². The Labute approximate surface area is 400 Å². The van der Waals surface area contributed by atoms with E-state index in [0.717, 1.165) is 27.8 Å². The van der Waals surface area contributed by atoms with E-state index in [1.54, 1.807) is 77.9 Å². The summed E-state index contributed by atoms with van der Waals surface area (Å²) in [5.74, 6) is -1.02. The average Bonchev–Trinajstić information content (AvgIpc) is 3.26. The highest BCUT2D eigenvalue weighted by Gasteiger charge is 2.27. The van der Waals surface area contributed by atoms with Gasteiger partial charge < -0.3 is 43.8 Å². The lowest BCUT2D eigenvalue weighted by Crippen LogP contribution is -2.45. The highest BCUT2D eigenvalue weighted by molar-refractivity contribution is 7.87. The first-order chi connectivity index (χ1) is 31.8. The van der Waals surface area contributed by atoms with Gasteiger partial charge in [-0.25, -0.2) is 19.2 Å². The fourth-order valence-corrected chi connectivity index (χ4v) is 6.85. The molecule has 0 aliphatic rings. The lowest BCUT2D eigenvalue weighted by Gasteiger charge is -2.22. The predicted molar refractivity (Wildman–Crippen MR) is 261 cm³/mol. The van der Waals surface area contributed by atoms with Crippen LogP contribution in [-0.4, -0.2) is 87.2 Å². The van der Waals surface area contributed by atoms with E-state index < -0.39 is 64.6 Å². The van der Waals surface area contributed by atoms with E-state index >= 15 is 0 Å². The zero-order chi connectivity index (χ0) is 50.8. The van der Waals surface area contributed by atoms with Crippen LogP contribution in [0.4, 0.5) is 9.59 Å². The number of nitrogens with one attached hydrogen (secondary N) is 2. The summed E-state index contributed by atoms with van der Waals surface area (Å²) in [6, 6.07) is 34.0. The Bertz CT molecular complexity index is 2500. The topological polar surface area (TPSA) is 213 Å². The molecule has 0 aliphatic heterocycles. The molecule has 0 saturated carbocycles. The smallest absolute Gasteiger partial charge is 0.467 e. The van der Waals surface area contributed by atoms with E-state index in [-0.39, 0.29) is 17.1 Å². The number of carbonyl (C=O) groups excluding carboxylic acids is 4. The van der Waals surface area contributed by atoms with Gasteiger partial charge in [0.1, 0.15) is 33.9 Å². The van der Waals surface area contributed by atoms with Crippen LogP contribution in [0, 0.1) is 20.8 Å². The quantitative estimate of drug-likeness (QED) is 0.0395. The van der Waals surface area contributed by atoms with Crippen LogP contribution in [-0.2, 0) is 51.5 Å². The zero-order valence-electron chi connectivity index (χ0n) is 40.5. The van der Waals surface area contributed by atoms with Crippen molar-refractivity contribution in [2.45, 2.75) is 103 Å². The number of methoxy groups -OCH3 is 2. The molecule has 17 heteroatoms. The third-order valence-corrected chi connectivity index (χ3v) is 10.6. The second-order valence-electron chi connectivity index (χ2n) is 17.7. The molecule has 5 aromatic carbocycles. The van der Waals surface area contributed by atoms with Crippen molar-refractivity contribution in [3.05, 3.63) is 149 Å². The Kier molecular flexibility index (Phi) is 20.8. The molecule has 0 bridgehead atoms. The van der Waals surface area contributed by atoms with E-state index in [2.05, 4.69) is 41.8 Å². The standard InChI is InChI=1S/C22H27NO7S.C22H27NO4.C7H9BO2/c1-15-6-12-18(13-7-15)31(26,27)30-17-10-8-16(9-11-17)14-19(20(24)28-5)23-21(25)29-22(2,3)4;1-15-6-10-17(11-7-15)18-12-8-16(9-13-18)14-19(20(24)26-5)23-21(25)27-22(2,3)4;1-6-2-4-7(5-3-6)8(9)10/h6-13,19H,14H2,1-5H3,(H,23,25);6-13,19H,14H2,1-5H3,(H,23,25);2-5,9-10H,1H3/t2*19-;/m00./s1. The summed E-state index contributed by atoms with van der Waals surface area (Å²) in [7, 11) is -2.79. The second-order valence-corrected chi connectivity index (χ2v) is 19.2. The van der Waals surface area contributed by atoms with Gasteiger partial charge in [0.15, 0.2) is 0 Å². The van der Waals surface area contributed by atoms with Crippen molar-refractivity contribution in [3.63, 3.8) is 0 Å². The molecule has 0 unspecified atom stereocenters. The predicted octanol–water partition coefficient (Wildman–Crippen LogP) is 7.32. The van der Waals surface area contributed by atoms with Gasteiger partial charge >= 0.3 is 41.4 Å². The van der Waals surface area contributed by atoms with E-state index in [1.807, 2.05) is 50.2 Å². The summed E-state index contributed by atoms with van der Waals surface area (Å²) >= 11 is 0. The molecule has 0 fully saturated rings. The SMILES string of the molecule is COC(=O)[C@H](Cc1ccc(-c2ccc(C)cc2)cc1)NC(=O)OC(C)(C)C.COC(=O)[C@H](Cc1ccc(OS(=O)(=O)c2ccc(C)cc2)cc1)NC(=O)OC(C)(C)C.Cc1ccc(B(O)O)cc1. The molecule has 364 valence electrons. The van der Waals surface area contributed by atoms with Gasteiger partial charge in [-0.1, -0.05) is 114 Å². The molecule has 0 aliphatic carbocycles. The van der Waals surface area contributed by atoms with E-state index in [0.29, 0.717) is 17.4 Å². The van der Waals surface area contributed by atoms with Crippen molar-refractivity contribution in [2.24, 2.45) is 0 Å². The molecule has 0 radical (unpaired) electrons. The average molecular weight is 955 g/mol. The molecule has 5 aromatic rings. The molecular weight excluding hydrogens is 891 g/mol. The van der Waals surface area contributed by atoms with Crippen LogP contribution >= 0.6 is 0 Å². The Morgan fingerprint density at radius 1 is 0.544 bits per heavy atom. The second kappa shape index (κ2) is 25.4. The lowest BCUT2D eigenvalue weighted by molar-refractivity contribution is -0.143. The summed E-state index contributed by atoms with van der Waals surface area (Å²) in [4.78, 5) is 48.2. The molecule has 0 spiro atoms. The maximum absolute atomic E-state index is 12.4. The number of aryl methyl sites for hydroxylation is 3. The van der Waals surface area contributed by atoms with Crippen LogP contribution in [0.25, 0.3) is 11.1 Å². The van der Waals surface area contributed by atoms with Gasteiger partial charge in [0, 0.05) is 12.8 Å². The third kappa shape index (κ3) is 20.0. The molecule has 4 N–H and O–H groups in total. The number of rotatable bonds is 13. The highest BCUT2D eigenvalue weighted by Crippen LogP contribution is 2.22. The minimum atomic E-state index is -3.96. The first kappa shape index (κ1) is 55.6. The molecule has 5 rings (SSSR count).